The predicted molar refractivity (Wildman–Crippen MR) is 111 cm³/mol. The van der Waals surface area contributed by atoms with Crippen molar-refractivity contribution in [1.82, 2.24) is 10.3 Å². The Morgan fingerprint density at radius 3 is 2.50 bits per heavy atom. The van der Waals surface area contributed by atoms with Crippen LogP contribution in [0, 0.1) is 0 Å². The molecular weight excluding hydrogens is 350 g/mol. The summed E-state index contributed by atoms with van der Waals surface area (Å²) in [4.78, 5) is 15.2. The summed E-state index contributed by atoms with van der Waals surface area (Å²) < 4.78 is 5.80. The molecule has 0 fully saturated rings. The van der Waals surface area contributed by atoms with Crippen LogP contribution in [0.5, 0.6) is 5.75 Å². The number of nitrogens with zero attached hydrogens (tertiary/aromatic N) is 1. The van der Waals surface area contributed by atoms with E-state index in [1.807, 2.05) is 42.5 Å². The van der Waals surface area contributed by atoms with Gasteiger partial charge in [-0.05, 0) is 60.0 Å². The number of aromatic nitrogens is 1. The molecular formula is C23H25N3O2. The molecule has 5 heteroatoms. The number of pyridine rings is 1. The summed E-state index contributed by atoms with van der Waals surface area (Å²) in [7, 11) is 0. The molecule has 2 aromatic carbocycles. The van der Waals surface area contributed by atoms with Crippen molar-refractivity contribution in [2.75, 3.05) is 5.32 Å². The van der Waals surface area contributed by atoms with Gasteiger partial charge in [0.15, 0.2) is 0 Å². The molecule has 0 bridgehead atoms. The molecule has 0 aliphatic carbocycles. The van der Waals surface area contributed by atoms with E-state index in [1.165, 1.54) is 12.5 Å². The first-order chi connectivity index (χ1) is 13.6. The van der Waals surface area contributed by atoms with Crippen LogP contribution in [0.1, 0.15) is 36.6 Å². The average molecular weight is 375 g/mol. The van der Waals surface area contributed by atoms with Crippen molar-refractivity contribution < 1.29 is 9.53 Å². The van der Waals surface area contributed by atoms with Gasteiger partial charge in [0.1, 0.15) is 12.4 Å². The first-order valence-corrected chi connectivity index (χ1v) is 9.32. The average Bonchev–Trinajstić information content (AvgIpc) is 2.72. The summed E-state index contributed by atoms with van der Waals surface area (Å²) in [5.41, 5.74) is 4.22. The third-order valence-electron chi connectivity index (χ3n) is 4.40. The van der Waals surface area contributed by atoms with Gasteiger partial charge in [0, 0.05) is 37.6 Å². The lowest BCUT2D eigenvalue weighted by molar-refractivity contribution is -0.114. The minimum absolute atomic E-state index is 0.0657. The van der Waals surface area contributed by atoms with E-state index in [0.717, 1.165) is 29.1 Å². The standard InChI is InChI=1S/C23H25N3O2/c1-17(21-4-3-5-22(14-21)26-18(2)27)25-15-19-6-8-23(9-7-19)28-16-20-10-12-24-13-11-20/h3-14,17,25H,15-16H2,1-2H3,(H,26,27)/t17-/m0/s1. The zero-order valence-electron chi connectivity index (χ0n) is 16.2. The highest BCUT2D eigenvalue weighted by Crippen LogP contribution is 2.19. The van der Waals surface area contributed by atoms with Crippen LogP contribution in [0.15, 0.2) is 73.1 Å². The van der Waals surface area contributed by atoms with Gasteiger partial charge < -0.3 is 15.4 Å². The van der Waals surface area contributed by atoms with Crippen LogP contribution in [0.3, 0.4) is 0 Å². The number of carbonyl (C=O) groups is 1. The maximum atomic E-state index is 11.2. The van der Waals surface area contributed by atoms with Crippen molar-refractivity contribution in [3.8, 4) is 5.75 Å². The van der Waals surface area contributed by atoms with Crippen molar-refractivity contribution in [2.45, 2.75) is 33.0 Å². The zero-order chi connectivity index (χ0) is 19.8. The normalized spacial score (nSPS) is 11.6. The largest absolute Gasteiger partial charge is 0.489 e. The molecule has 0 aliphatic rings. The fourth-order valence-corrected chi connectivity index (χ4v) is 2.83. The van der Waals surface area contributed by atoms with Crippen molar-refractivity contribution in [1.29, 1.82) is 0 Å². The Labute approximate surface area is 165 Å². The Hall–Kier alpha value is -3.18. The SMILES string of the molecule is CC(=O)Nc1cccc([C@H](C)NCc2ccc(OCc3ccncc3)cc2)c1. The lowest BCUT2D eigenvalue weighted by Gasteiger charge is -2.16. The topological polar surface area (TPSA) is 63.2 Å². The number of carbonyl (C=O) groups excluding carboxylic acids is 1. The van der Waals surface area contributed by atoms with Crippen LogP contribution in [0.2, 0.25) is 0 Å². The molecule has 144 valence electrons. The Bertz CT molecular complexity index is 895. The fraction of sp³-hybridized carbons (Fsp3) is 0.217. The predicted octanol–water partition coefficient (Wildman–Crippen LogP) is 4.47. The minimum atomic E-state index is -0.0657. The van der Waals surface area contributed by atoms with Gasteiger partial charge in [0.05, 0.1) is 0 Å². The van der Waals surface area contributed by atoms with Crippen molar-refractivity contribution in [3.63, 3.8) is 0 Å². The van der Waals surface area contributed by atoms with Gasteiger partial charge in [-0.1, -0.05) is 24.3 Å². The first kappa shape index (κ1) is 19.6. The molecule has 0 spiro atoms. The number of benzene rings is 2. The van der Waals surface area contributed by atoms with E-state index in [0.29, 0.717) is 6.61 Å². The smallest absolute Gasteiger partial charge is 0.221 e. The number of rotatable bonds is 8. The Balaban J connectivity index is 1.51. The third-order valence-corrected chi connectivity index (χ3v) is 4.40. The van der Waals surface area contributed by atoms with Crippen LogP contribution in [0.25, 0.3) is 0 Å². The number of anilines is 1. The van der Waals surface area contributed by atoms with Gasteiger partial charge in [-0.25, -0.2) is 0 Å². The molecule has 5 nitrogen and oxygen atoms in total. The molecule has 0 saturated heterocycles. The first-order valence-electron chi connectivity index (χ1n) is 9.32. The highest BCUT2D eigenvalue weighted by molar-refractivity contribution is 5.88. The minimum Gasteiger partial charge on any atom is -0.489 e. The van der Waals surface area contributed by atoms with E-state index in [2.05, 4.69) is 40.7 Å². The van der Waals surface area contributed by atoms with Crippen molar-refractivity contribution in [3.05, 3.63) is 89.7 Å². The van der Waals surface area contributed by atoms with Crippen LogP contribution >= 0.6 is 0 Å². The number of ether oxygens (including phenoxy) is 1. The Kier molecular flexibility index (Phi) is 6.76. The van der Waals surface area contributed by atoms with E-state index in [4.69, 9.17) is 4.74 Å². The second kappa shape index (κ2) is 9.67. The summed E-state index contributed by atoms with van der Waals surface area (Å²) in [5, 5.41) is 6.33. The molecule has 0 unspecified atom stereocenters. The summed E-state index contributed by atoms with van der Waals surface area (Å²) in [6.07, 6.45) is 3.53. The number of nitrogens with one attached hydrogen (secondary N) is 2. The maximum Gasteiger partial charge on any atom is 0.221 e. The maximum absolute atomic E-state index is 11.2. The zero-order valence-corrected chi connectivity index (χ0v) is 16.2. The second-order valence-electron chi connectivity index (χ2n) is 6.70. The van der Waals surface area contributed by atoms with Gasteiger partial charge in [0.2, 0.25) is 5.91 Å². The monoisotopic (exact) mass is 375 g/mol. The van der Waals surface area contributed by atoms with E-state index < -0.39 is 0 Å². The van der Waals surface area contributed by atoms with Crippen LogP contribution in [-0.4, -0.2) is 10.9 Å². The molecule has 1 aromatic heterocycles. The molecule has 3 rings (SSSR count). The van der Waals surface area contributed by atoms with E-state index in [9.17, 15) is 4.79 Å². The molecule has 0 radical (unpaired) electrons. The highest BCUT2D eigenvalue weighted by atomic mass is 16.5. The molecule has 1 heterocycles. The molecule has 1 amide bonds. The lowest BCUT2D eigenvalue weighted by Crippen LogP contribution is -2.18. The molecule has 1 atom stereocenters. The summed E-state index contributed by atoms with van der Waals surface area (Å²) in [6.45, 7) is 4.90. The lowest BCUT2D eigenvalue weighted by atomic mass is 10.1. The van der Waals surface area contributed by atoms with E-state index in [1.54, 1.807) is 12.4 Å². The second-order valence-corrected chi connectivity index (χ2v) is 6.70. The summed E-state index contributed by atoms with van der Waals surface area (Å²) in [6, 6.07) is 20.0. The molecule has 2 N–H and O–H groups in total. The fourth-order valence-electron chi connectivity index (χ4n) is 2.83. The van der Waals surface area contributed by atoms with Crippen LogP contribution < -0.4 is 15.4 Å². The Morgan fingerprint density at radius 2 is 1.79 bits per heavy atom. The molecule has 28 heavy (non-hydrogen) atoms. The van der Waals surface area contributed by atoms with Gasteiger partial charge in [-0.2, -0.15) is 0 Å². The number of hydrogen-bond acceptors (Lipinski definition) is 4. The number of hydrogen-bond donors (Lipinski definition) is 2. The van der Waals surface area contributed by atoms with E-state index in [-0.39, 0.29) is 11.9 Å². The summed E-state index contributed by atoms with van der Waals surface area (Å²) >= 11 is 0. The summed E-state index contributed by atoms with van der Waals surface area (Å²) in [5.74, 6) is 0.778. The molecule has 0 saturated carbocycles. The van der Waals surface area contributed by atoms with Gasteiger partial charge >= 0.3 is 0 Å². The van der Waals surface area contributed by atoms with Crippen molar-refractivity contribution in [2.24, 2.45) is 0 Å². The highest BCUT2D eigenvalue weighted by Gasteiger charge is 2.07. The number of amides is 1. The van der Waals surface area contributed by atoms with Gasteiger partial charge in [-0.15, -0.1) is 0 Å². The van der Waals surface area contributed by atoms with Gasteiger partial charge in [-0.3, -0.25) is 9.78 Å². The van der Waals surface area contributed by atoms with Gasteiger partial charge in [0.25, 0.3) is 0 Å². The van der Waals surface area contributed by atoms with E-state index >= 15 is 0 Å². The molecule has 0 aliphatic heterocycles. The van der Waals surface area contributed by atoms with Crippen LogP contribution in [-0.2, 0) is 17.9 Å². The van der Waals surface area contributed by atoms with Crippen LogP contribution in [0.4, 0.5) is 5.69 Å². The Morgan fingerprint density at radius 1 is 1.04 bits per heavy atom. The third kappa shape index (κ3) is 5.93. The quantitative estimate of drug-likeness (QED) is 0.610. The van der Waals surface area contributed by atoms with Crippen molar-refractivity contribution >= 4 is 11.6 Å². The molecule has 3 aromatic rings.